The Bertz CT molecular complexity index is 415. The summed E-state index contributed by atoms with van der Waals surface area (Å²) in [5, 5.41) is 8.73. The van der Waals surface area contributed by atoms with Crippen molar-refractivity contribution in [2.45, 2.75) is 19.8 Å². The van der Waals surface area contributed by atoms with E-state index in [-0.39, 0.29) is 6.61 Å². The second kappa shape index (κ2) is 8.57. The van der Waals surface area contributed by atoms with Crippen LogP contribution in [0.4, 0.5) is 0 Å². The van der Waals surface area contributed by atoms with Crippen LogP contribution in [0.1, 0.15) is 24.0 Å². The summed E-state index contributed by atoms with van der Waals surface area (Å²) < 4.78 is 10.7. The van der Waals surface area contributed by atoms with Crippen LogP contribution in [-0.4, -0.2) is 32.0 Å². The molecule has 0 aliphatic rings. The first-order valence-electron chi connectivity index (χ1n) is 6.10. The number of benzene rings is 1. The normalized spacial score (nSPS) is 9.72. The molecule has 1 rings (SSSR count). The van der Waals surface area contributed by atoms with E-state index in [1.54, 1.807) is 7.11 Å². The van der Waals surface area contributed by atoms with Gasteiger partial charge in [0.05, 0.1) is 12.2 Å². The van der Waals surface area contributed by atoms with Crippen molar-refractivity contribution in [2.24, 2.45) is 0 Å². The number of aliphatic hydroxyl groups excluding tert-OH is 1. The first-order chi connectivity index (χ1) is 8.77. The van der Waals surface area contributed by atoms with Gasteiger partial charge in [0.2, 0.25) is 0 Å². The molecule has 0 saturated carbocycles. The summed E-state index contributed by atoms with van der Waals surface area (Å²) in [6, 6.07) is 5.88. The average molecular weight is 248 g/mol. The maximum absolute atomic E-state index is 8.73. The van der Waals surface area contributed by atoms with Crippen LogP contribution in [0.3, 0.4) is 0 Å². The van der Waals surface area contributed by atoms with E-state index in [1.807, 2.05) is 25.1 Å². The molecule has 0 aromatic heterocycles. The molecule has 0 fully saturated rings. The number of aryl methyl sites for hydroxylation is 1. The highest BCUT2D eigenvalue weighted by Gasteiger charge is 2.01. The molecule has 3 nitrogen and oxygen atoms in total. The zero-order valence-corrected chi connectivity index (χ0v) is 11.0. The lowest BCUT2D eigenvalue weighted by molar-refractivity contribution is 0.184. The van der Waals surface area contributed by atoms with Gasteiger partial charge in [0.1, 0.15) is 12.4 Å². The van der Waals surface area contributed by atoms with Gasteiger partial charge in [0, 0.05) is 13.7 Å². The molecule has 1 aromatic rings. The largest absolute Gasteiger partial charge is 0.492 e. The second-order valence-corrected chi connectivity index (χ2v) is 4.01. The fourth-order valence-corrected chi connectivity index (χ4v) is 1.53. The zero-order valence-electron chi connectivity index (χ0n) is 11.0. The first kappa shape index (κ1) is 14.6. The van der Waals surface area contributed by atoms with Crippen molar-refractivity contribution in [3.63, 3.8) is 0 Å². The van der Waals surface area contributed by atoms with Crippen LogP contribution >= 0.6 is 0 Å². The van der Waals surface area contributed by atoms with Crippen molar-refractivity contribution < 1.29 is 14.6 Å². The molecule has 0 spiro atoms. The van der Waals surface area contributed by atoms with Gasteiger partial charge in [-0.2, -0.15) is 0 Å². The van der Waals surface area contributed by atoms with Gasteiger partial charge in [0.15, 0.2) is 0 Å². The Morgan fingerprint density at radius 3 is 2.72 bits per heavy atom. The molecule has 0 aliphatic heterocycles. The molecule has 0 unspecified atom stereocenters. The maximum atomic E-state index is 8.73. The average Bonchev–Trinajstić information content (AvgIpc) is 2.38. The van der Waals surface area contributed by atoms with Crippen molar-refractivity contribution in [3.05, 3.63) is 29.3 Å². The molecular formula is C15H20O3. The summed E-state index contributed by atoms with van der Waals surface area (Å²) in [6.07, 6.45) is 1.94. The van der Waals surface area contributed by atoms with Gasteiger partial charge < -0.3 is 14.6 Å². The van der Waals surface area contributed by atoms with Crippen LogP contribution in [-0.2, 0) is 4.74 Å². The fourth-order valence-electron chi connectivity index (χ4n) is 1.53. The second-order valence-electron chi connectivity index (χ2n) is 4.01. The van der Waals surface area contributed by atoms with E-state index in [1.165, 1.54) is 0 Å². The third-order valence-corrected chi connectivity index (χ3v) is 2.44. The molecule has 18 heavy (non-hydrogen) atoms. The Hall–Kier alpha value is -1.50. The summed E-state index contributed by atoms with van der Waals surface area (Å²) in [6.45, 7) is 3.28. The summed E-state index contributed by atoms with van der Waals surface area (Å²) in [5.41, 5.74) is 1.96. The summed E-state index contributed by atoms with van der Waals surface area (Å²) in [7, 11) is 1.70. The Morgan fingerprint density at radius 2 is 2.00 bits per heavy atom. The molecule has 1 N–H and O–H groups in total. The molecule has 0 atom stereocenters. The van der Waals surface area contributed by atoms with E-state index in [0.29, 0.717) is 6.61 Å². The number of rotatable bonds is 6. The van der Waals surface area contributed by atoms with Crippen molar-refractivity contribution in [2.75, 3.05) is 26.9 Å². The highest BCUT2D eigenvalue weighted by molar-refractivity contribution is 5.48. The molecule has 0 aliphatic carbocycles. The monoisotopic (exact) mass is 248 g/mol. The fraction of sp³-hybridized carbons (Fsp3) is 0.467. The van der Waals surface area contributed by atoms with E-state index in [0.717, 1.165) is 36.3 Å². The number of methoxy groups -OCH3 is 1. The zero-order chi connectivity index (χ0) is 13.2. The topological polar surface area (TPSA) is 38.7 Å². The highest BCUT2D eigenvalue weighted by Crippen LogP contribution is 2.19. The summed E-state index contributed by atoms with van der Waals surface area (Å²) >= 11 is 0. The van der Waals surface area contributed by atoms with E-state index in [4.69, 9.17) is 14.6 Å². The number of ether oxygens (including phenoxy) is 2. The number of aliphatic hydroxyl groups is 1. The van der Waals surface area contributed by atoms with Gasteiger partial charge in [-0.15, -0.1) is 0 Å². The predicted molar refractivity (Wildman–Crippen MR) is 71.7 cm³/mol. The minimum atomic E-state index is -0.138. The van der Waals surface area contributed by atoms with Gasteiger partial charge in [0.25, 0.3) is 0 Å². The molecule has 0 amide bonds. The summed E-state index contributed by atoms with van der Waals surface area (Å²) in [5.74, 6) is 6.33. The Morgan fingerprint density at radius 1 is 1.22 bits per heavy atom. The van der Waals surface area contributed by atoms with E-state index in [2.05, 4.69) is 11.8 Å². The molecule has 0 radical (unpaired) electrons. The van der Waals surface area contributed by atoms with Gasteiger partial charge in [-0.3, -0.25) is 0 Å². The smallest absolute Gasteiger partial charge is 0.134 e. The molecule has 98 valence electrons. The van der Waals surface area contributed by atoms with E-state index >= 15 is 0 Å². The van der Waals surface area contributed by atoms with Crippen LogP contribution in [0.2, 0.25) is 0 Å². The van der Waals surface area contributed by atoms with Gasteiger partial charge >= 0.3 is 0 Å². The van der Waals surface area contributed by atoms with Crippen LogP contribution in [0.15, 0.2) is 18.2 Å². The lowest BCUT2D eigenvalue weighted by Crippen LogP contribution is -2.01. The van der Waals surface area contributed by atoms with E-state index in [9.17, 15) is 0 Å². The molecule has 3 heteroatoms. The Labute approximate surface area is 109 Å². The number of hydrogen-bond donors (Lipinski definition) is 1. The molecular weight excluding hydrogens is 228 g/mol. The van der Waals surface area contributed by atoms with Crippen molar-refractivity contribution in [3.8, 4) is 17.6 Å². The Kier molecular flexibility index (Phi) is 6.93. The van der Waals surface area contributed by atoms with Gasteiger partial charge in [-0.05, 0) is 37.5 Å². The predicted octanol–water partition coefficient (Wildman–Crippen LogP) is 2.14. The van der Waals surface area contributed by atoms with Crippen LogP contribution in [0, 0.1) is 18.8 Å². The first-order valence-corrected chi connectivity index (χ1v) is 6.10. The standard InChI is InChI=1S/C15H20O3/c1-13-7-8-15(14(12-13)6-5-9-16)18-11-4-3-10-17-2/h7-8,12,16H,3-4,9-11H2,1-2H3. The molecule has 0 saturated heterocycles. The van der Waals surface area contributed by atoms with Crippen LogP contribution < -0.4 is 4.74 Å². The minimum absolute atomic E-state index is 0.138. The Balaban J connectivity index is 2.58. The maximum Gasteiger partial charge on any atom is 0.134 e. The van der Waals surface area contributed by atoms with Gasteiger partial charge in [-0.1, -0.05) is 17.9 Å². The van der Waals surface area contributed by atoms with Crippen LogP contribution in [0.5, 0.6) is 5.75 Å². The number of hydrogen-bond acceptors (Lipinski definition) is 3. The van der Waals surface area contributed by atoms with Crippen molar-refractivity contribution in [1.82, 2.24) is 0 Å². The third kappa shape index (κ3) is 5.22. The SMILES string of the molecule is COCCCCOc1ccc(C)cc1C#CCO. The third-order valence-electron chi connectivity index (χ3n) is 2.44. The molecule has 0 bridgehead atoms. The van der Waals surface area contributed by atoms with Crippen LogP contribution in [0.25, 0.3) is 0 Å². The molecule has 1 aromatic carbocycles. The van der Waals surface area contributed by atoms with Crippen molar-refractivity contribution in [1.29, 1.82) is 0 Å². The lowest BCUT2D eigenvalue weighted by atomic mass is 10.1. The lowest BCUT2D eigenvalue weighted by Gasteiger charge is -2.08. The highest BCUT2D eigenvalue weighted by atomic mass is 16.5. The van der Waals surface area contributed by atoms with E-state index < -0.39 is 0 Å². The minimum Gasteiger partial charge on any atom is -0.492 e. The van der Waals surface area contributed by atoms with Gasteiger partial charge in [-0.25, -0.2) is 0 Å². The quantitative estimate of drug-likeness (QED) is 0.619. The molecule has 0 heterocycles. The van der Waals surface area contributed by atoms with Crippen molar-refractivity contribution >= 4 is 0 Å². The number of unbranched alkanes of at least 4 members (excludes halogenated alkanes) is 1. The summed E-state index contributed by atoms with van der Waals surface area (Å²) in [4.78, 5) is 0.